The fourth-order valence-corrected chi connectivity index (χ4v) is 2.99. The average Bonchev–Trinajstić information content (AvgIpc) is 3.02. The number of hydrogen-bond donors (Lipinski definition) is 2. The normalized spacial score (nSPS) is 16.4. The van der Waals surface area contributed by atoms with Crippen LogP contribution in [0.4, 0.5) is 5.69 Å². The minimum Gasteiger partial charge on any atom is -0.392 e. The van der Waals surface area contributed by atoms with Gasteiger partial charge in [-0.1, -0.05) is 28.1 Å². The molecule has 0 radical (unpaired) electrons. The van der Waals surface area contributed by atoms with Crippen molar-refractivity contribution >= 4 is 60.7 Å². The molecule has 3 N–H and O–H groups in total. The predicted molar refractivity (Wildman–Crippen MR) is 78.9 cm³/mol. The Morgan fingerprint density at radius 3 is 2.53 bits per heavy atom. The summed E-state index contributed by atoms with van der Waals surface area (Å²) in [7, 11) is 0. The number of thiocarbonyl (C=S) groups is 1. The first-order chi connectivity index (χ1) is 7.95. The molecule has 1 aromatic rings. The summed E-state index contributed by atoms with van der Waals surface area (Å²) in [6.45, 7) is 0. The Hall–Kier alpha value is -0.460. The number of benzene rings is 1. The molecule has 1 aliphatic carbocycles. The zero-order chi connectivity index (χ0) is 12.6. The number of carbonyl (C=O) groups is 1. The second-order valence-electron chi connectivity index (χ2n) is 4.02. The van der Waals surface area contributed by atoms with E-state index in [-0.39, 0.29) is 10.9 Å². The summed E-state index contributed by atoms with van der Waals surface area (Å²) in [4.78, 5) is 12.3. The summed E-state index contributed by atoms with van der Waals surface area (Å²) in [6, 6.07) is 5.55. The Kier molecular flexibility index (Phi) is 3.56. The molecular weight excluding hydrogens is 368 g/mol. The van der Waals surface area contributed by atoms with E-state index in [1.807, 2.05) is 18.2 Å². The van der Waals surface area contributed by atoms with E-state index >= 15 is 0 Å². The third-order valence-electron chi connectivity index (χ3n) is 2.84. The molecular formula is C11H10Br2N2OS. The van der Waals surface area contributed by atoms with Crippen molar-refractivity contribution < 1.29 is 4.79 Å². The second-order valence-corrected chi connectivity index (χ2v) is 6.23. The SMILES string of the molecule is NC(=S)C1(C(=O)Nc2ccc(Br)cc2Br)CC1. The Balaban J connectivity index is 2.17. The lowest BCUT2D eigenvalue weighted by Crippen LogP contribution is -2.35. The Labute approximate surface area is 121 Å². The van der Waals surface area contributed by atoms with Gasteiger partial charge in [0, 0.05) is 8.95 Å². The van der Waals surface area contributed by atoms with Crippen LogP contribution in [0.15, 0.2) is 27.1 Å². The molecule has 0 unspecified atom stereocenters. The van der Waals surface area contributed by atoms with E-state index in [0.29, 0.717) is 0 Å². The van der Waals surface area contributed by atoms with Gasteiger partial charge >= 0.3 is 0 Å². The highest BCUT2D eigenvalue weighted by molar-refractivity contribution is 9.11. The number of halogens is 2. The maximum absolute atomic E-state index is 12.1. The van der Waals surface area contributed by atoms with Crippen molar-refractivity contribution in [2.45, 2.75) is 12.8 Å². The number of hydrogen-bond acceptors (Lipinski definition) is 2. The van der Waals surface area contributed by atoms with Crippen molar-refractivity contribution in [3.8, 4) is 0 Å². The van der Waals surface area contributed by atoms with Crippen molar-refractivity contribution in [2.24, 2.45) is 11.1 Å². The third kappa shape index (κ3) is 2.53. The number of anilines is 1. The molecule has 0 heterocycles. The molecule has 1 aliphatic rings. The minimum absolute atomic E-state index is 0.118. The fourth-order valence-electron chi connectivity index (χ4n) is 1.54. The molecule has 90 valence electrons. The van der Waals surface area contributed by atoms with Gasteiger partial charge in [-0.25, -0.2) is 0 Å². The summed E-state index contributed by atoms with van der Waals surface area (Å²) in [5, 5.41) is 2.85. The zero-order valence-electron chi connectivity index (χ0n) is 8.80. The molecule has 1 saturated carbocycles. The van der Waals surface area contributed by atoms with Crippen LogP contribution in [0.5, 0.6) is 0 Å². The van der Waals surface area contributed by atoms with Crippen molar-refractivity contribution in [1.29, 1.82) is 0 Å². The first-order valence-electron chi connectivity index (χ1n) is 5.02. The van der Waals surface area contributed by atoms with E-state index in [2.05, 4.69) is 37.2 Å². The zero-order valence-corrected chi connectivity index (χ0v) is 12.8. The van der Waals surface area contributed by atoms with Crippen molar-refractivity contribution in [3.63, 3.8) is 0 Å². The average molecular weight is 378 g/mol. The molecule has 0 aromatic heterocycles. The molecule has 1 amide bonds. The summed E-state index contributed by atoms with van der Waals surface area (Å²) < 4.78 is 1.76. The summed E-state index contributed by atoms with van der Waals surface area (Å²) in [5.41, 5.74) is 5.70. The highest BCUT2D eigenvalue weighted by Crippen LogP contribution is 2.47. The first kappa shape index (κ1) is 13.0. The van der Waals surface area contributed by atoms with Gasteiger partial charge in [0.05, 0.1) is 16.1 Å². The number of nitrogens with two attached hydrogens (primary N) is 1. The fraction of sp³-hybridized carbons (Fsp3) is 0.273. The lowest BCUT2D eigenvalue weighted by molar-refractivity contribution is -0.118. The smallest absolute Gasteiger partial charge is 0.237 e. The lowest BCUT2D eigenvalue weighted by Gasteiger charge is -2.14. The Morgan fingerprint density at radius 1 is 1.41 bits per heavy atom. The highest BCUT2D eigenvalue weighted by Gasteiger charge is 2.52. The highest BCUT2D eigenvalue weighted by atomic mass is 79.9. The molecule has 0 bridgehead atoms. The van der Waals surface area contributed by atoms with Crippen LogP contribution in [0.3, 0.4) is 0 Å². The van der Waals surface area contributed by atoms with Gasteiger partial charge in [0.1, 0.15) is 0 Å². The van der Waals surface area contributed by atoms with E-state index in [1.54, 1.807) is 0 Å². The van der Waals surface area contributed by atoms with Gasteiger partial charge in [-0.2, -0.15) is 0 Å². The van der Waals surface area contributed by atoms with Crippen LogP contribution in [0.1, 0.15) is 12.8 Å². The van der Waals surface area contributed by atoms with Gasteiger partial charge in [-0.15, -0.1) is 0 Å². The molecule has 1 fully saturated rings. The van der Waals surface area contributed by atoms with E-state index in [0.717, 1.165) is 27.5 Å². The van der Waals surface area contributed by atoms with Crippen LogP contribution in [-0.4, -0.2) is 10.9 Å². The maximum Gasteiger partial charge on any atom is 0.237 e. The summed E-state index contributed by atoms with van der Waals surface area (Å²) in [6.07, 6.45) is 1.48. The van der Waals surface area contributed by atoms with Gasteiger partial charge < -0.3 is 11.1 Å². The number of carbonyl (C=O) groups excluding carboxylic acids is 1. The molecule has 0 saturated heterocycles. The molecule has 6 heteroatoms. The van der Waals surface area contributed by atoms with E-state index < -0.39 is 5.41 Å². The van der Waals surface area contributed by atoms with Crippen LogP contribution in [0, 0.1) is 5.41 Å². The summed E-state index contributed by atoms with van der Waals surface area (Å²) in [5.74, 6) is -0.118. The van der Waals surface area contributed by atoms with E-state index in [1.165, 1.54) is 0 Å². The lowest BCUT2D eigenvalue weighted by atomic mass is 10.1. The van der Waals surface area contributed by atoms with Gasteiger partial charge in [0.15, 0.2) is 0 Å². The molecule has 17 heavy (non-hydrogen) atoms. The first-order valence-corrected chi connectivity index (χ1v) is 7.01. The number of nitrogens with one attached hydrogen (secondary N) is 1. The monoisotopic (exact) mass is 376 g/mol. The Bertz CT molecular complexity index is 500. The van der Waals surface area contributed by atoms with Crippen molar-refractivity contribution in [2.75, 3.05) is 5.32 Å². The predicted octanol–water partition coefficient (Wildman–Crippen LogP) is 3.22. The Morgan fingerprint density at radius 2 is 2.06 bits per heavy atom. The topological polar surface area (TPSA) is 55.1 Å². The van der Waals surface area contributed by atoms with E-state index in [4.69, 9.17) is 18.0 Å². The van der Waals surface area contributed by atoms with Crippen molar-refractivity contribution in [3.05, 3.63) is 27.1 Å². The summed E-state index contributed by atoms with van der Waals surface area (Å²) >= 11 is 11.7. The van der Waals surface area contributed by atoms with Crippen LogP contribution in [-0.2, 0) is 4.79 Å². The van der Waals surface area contributed by atoms with Gasteiger partial charge in [-0.3, -0.25) is 4.79 Å². The van der Waals surface area contributed by atoms with E-state index in [9.17, 15) is 4.79 Å². The van der Waals surface area contributed by atoms with Gasteiger partial charge in [0.2, 0.25) is 5.91 Å². The molecule has 0 atom stereocenters. The van der Waals surface area contributed by atoms with Crippen LogP contribution < -0.4 is 11.1 Å². The van der Waals surface area contributed by atoms with Crippen LogP contribution in [0.25, 0.3) is 0 Å². The number of amides is 1. The molecule has 3 nitrogen and oxygen atoms in total. The van der Waals surface area contributed by atoms with Gasteiger partial charge in [-0.05, 0) is 47.0 Å². The second kappa shape index (κ2) is 4.66. The van der Waals surface area contributed by atoms with Crippen molar-refractivity contribution in [1.82, 2.24) is 0 Å². The van der Waals surface area contributed by atoms with Crippen LogP contribution >= 0.6 is 44.1 Å². The molecule has 0 aliphatic heterocycles. The van der Waals surface area contributed by atoms with Crippen LogP contribution in [0.2, 0.25) is 0 Å². The maximum atomic E-state index is 12.1. The molecule has 2 rings (SSSR count). The molecule has 1 aromatic carbocycles. The standard InChI is InChI=1S/C11H10Br2N2OS/c12-6-1-2-8(7(13)5-6)15-10(16)11(3-4-11)9(14)17/h1-2,5H,3-4H2,(H2,14,17)(H,15,16). The largest absolute Gasteiger partial charge is 0.392 e. The minimum atomic E-state index is -0.623. The third-order valence-corrected chi connectivity index (χ3v) is 4.38. The molecule has 0 spiro atoms. The number of rotatable bonds is 3. The quantitative estimate of drug-likeness (QED) is 0.795. The van der Waals surface area contributed by atoms with Gasteiger partial charge in [0.25, 0.3) is 0 Å².